The Labute approximate surface area is 80.5 Å². The number of methoxy groups -OCH3 is 1. The van der Waals surface area contributed by atoms with E-state index in [9.17, 15) is 0 Å². The largest absolute Gasteiger partial charge is 0.497 e. The molecule has 0 saturated heterocycles. The second-order valence-electron chi connectivity index (χ2n) is 2.64. The summed E-state index contributed by atoms with van der Waals surface area (Å²) in [4.78, 5) is 7.88. The van der Waals surface area contributed by atoms with Crippen LogP contribution in [-0.4, -0.2) is 17.1 Å². The number of anilines is 1. The van der Waals surface area contributed by atoms with E-state index < -0.39 is 0 Å². The summed E-state index contributed by atoms with van der Waals surface area (Å²) in [6.45, 7) is 0. The van der Waals surface area contributed by atoms with Crippen LogP contribution in [0.5, 0.6) is 5.75 Å². The van der Waals surface area contributed by atoms with Gasteiger partial charge < -0.3 is 14.9 Å². The molecule has 2 heterocycles. The fourth-order valence-electron chi connectivity index (χ4n) is 1.08. The third kappa shape index (κ3) is 1.52. The van der Waals surface area contributed by atoms with E-state index in [0.29, 0.717) is 17.2 Å². The molecule has 0 spiro atoms. The van der Waals surface area contributed by atoms with E-state index in [2.05, 4.69) is 9.97 Å². The van der Waals surface area contributed by atoms with Crippen molar-refractivity contribution < 1.29 is 9.15 Å². The summed E-state index contributed by atoms with van der Waals surface area (Å²) in [5.41, 5.74) is 6.00. The first-order valence-corrected chi connectivity index (χ1v) is 4.01. The molecule has 0 aliphatic carbocycles. The van der Waals surface area contributed by atoms with Gasteiger partial charge in [-0.3, -0.25) is 4.98 Å². The third-order valence-electron chi connectivity index (χ3n) is 1.74. The van der Waals surface area contributed by atoms with Crippen molar-refractivity contribution in [2.45, 2.75) is 0 Å². The number of hydrogen-bond acceptors (Lipinski definition) is 5. The van der Waals surface area contributed by atoms with E-state index in [0.717, 1.165) is 0 Å². The predicted octanol–water partition coefficient (Wildman–Crippen LogP) is 1.33. The maximum Gasteiger partial charge on any atom is 0.292 e. The Balaban J connectivity index is 2.41. The van der Waals surface area contributed by atoms with Gasteiger partial charge in [0.15, 0.2) is 5.76 Å². The Kier molecular flexibility index (Phi) is 2.06. The third-order valence-corrected chi connectivity index (χ3v) is 1.74. The van der Waals surface area contributed by atoms with Crippen LogP contribution in [0.4, 0.5) is 6.01 Å². The van der Waals surface area contributed by atoms with Crippen molar-refractivity contribution in [3.63, 3.8) is 0 Å². The lowest BCUT2D eigenvalue weighted by Crippen LogP contribution is -1.85. The normalized spacial score (nSPS) is 10.1. The summed E-state index contributed by atoms with van der Waals surface area (Å²) in [5.74, 6) is 1.24. The Morgan fingerprint density at radius 3 is 2.93 bits per heavy atom. The molecule has 2 rings (SSSR count). The first-order chi connectivity index (χ1) is 6.79. The summed E-state index contributed by atoms with van der Waals surface area (Å²) in [6, 6.07) is 3.63. The second-order valence-corrected chi connectivity index (χ2v) is 2.64. The van der Waals surface area contributed by atoms with Crippen LogP contribution in [-0.2, 0) is 0 Å². The molecule has 0 radical (unpaired) electrons. The number of nitrogens with two attached hydrogens (primary N) is 1. The van der Waals surface area contributed by atoms with E-state index in [-0.39, 0.29) is 6.01 Å². The second kappa shape index (κ2) is 3.37. The molecule has 0 atom stereocenters. The monoisotopic (exact) mass is 191 g/mol. The van der Waals surface area contributed by atoms with E-state index in [1.165, 1.54) is 6.20 Å². The van der Waals surface area contributed by atoms with E-state index in [1.54, 1.807) is 25.4 Å². The fourth-order valence-corrected chi connectivity index (χ4v) is 1.08. The molecule has 2 N–H and O–H groups in total. The van der Waals surface area contributed by atoms with Crippen molar-refractivity contribution in [1.29, 1.82) is 0 Å². The molecule has 2 aromatic rings. The Hall–Kier alpha value is -2.04. The average Bonchev–Trinajstić information content (AvgIpc) is 2.65. The Morgan fingerprint density at radius 2 is 2.29 bits per heavy atom. The molecule has 0 aliphatic rings. The van der Waals surface area contributed by atoms with Crippen LogP contribution in [0.2, 0.25) is 0 Å². The number of hydrogen-bond donors (Lipinski definition) is 1. The van der Waals surface area contributed by atoms with Crippen molar-refractivity contribution in [2.24, 2.45) is 0 Å². The molecule has 0 aliphatic heterocycles. The van der Waals surface area contributed by atoms with Crippen LogP contribution in [0, 0.1) is 0 Å². The van der Waals surface area contributed by atoms with Gasteiger partial charge in [-0.15, -0.1) is 0 Å². The minimum absolute atomic E-state index is 0.129. The van der Waals surface area contributed by atoms with Gasteiger partial charge in [0.25, 0.3) is 6.01 Å². The lowest BCUT2D eigenvalue weighted by Gasteiger charge is -1.99. The van der Waals surface area contributed by atoms with Crippen LogP contribution in [0.1, 0.15) is 0 Å². The number of oxazole rings is 1. The van der Waals surface area contributed by atoms with E-state index in [1.807, 2.05) is 0 Å². The minimum atomic E-state index is 0.129. The topological polar surface area (TPSA) is 74.2 Å². The zero-order valence-electron chi connectivity index (χ0n) is 7.60. The van der Waals surface area contributed by atoms with Crippen LogP contribution in [0.15, 0.2) is 28.9 Å². The van der Waals surface area contributed by atoms with Gasteiger partial charge in [0.2, 0.25) is 0 Å². The smallest absolute Gasteiger partial charge is 0.292 e. The van der Waals surface area contributed by atoms with Gasteiger partial charge in [-0.25, -0.2) is 4.98 Å². The number of nitrogens with zero attached hydrogens (tertiary/aromatic N) is 2. The molecule has 0 fully saturated rings. The van der Waals surface area contributed by atoms with Gasteiger partial charge in [-0.2, -0.15) is 0 Å². The summed E-state index contributed by atoms with van der Waals surface area (Å²) in [6.07, 6.45) is 3.16. The highest BCUT2D eigenvalue weighted by atomic mass is 16.5. The van der Waals surface area contributed by atoms with Gasteiger partial charge in [0, 0.05) is 12.3 Å². The lowest BCUT2D eigenvalue weighted by molar-refractivity contribution is 0.414. The molecule has 0 amide bonds. The van der Waals surface area contributed by atoms with Crippen molar-refractivity contribution >= 4 is 6.01 Å². The Bertz CT molecular complexity index is 439. The first kappa shape index (κ1) is 8.55. The van der Waals surface area contributed by atoms with E-state index >= 15 is 0 Å². The summed E-state index contributed by atoms with van der Waals surface area (Å²) < 4.78 is 10.2. The maximum atomic E-state index is 5.35. The fraction of sp³-hybridized carbons (Fsp3) is 0.111. The summed E-state index contributed by atoms with van der Waals surface area (Å²) in [7, 11) is 1.59. The minimum Gasteiger partial charge on any atom is -0.497 e. The number of aromatic nitrogens is 2. The van der Waals surface area contributed by atoms with Gasteiger partial charge in [0.1, 0.15) is 11.4 Å². The standard InChI is InChI=1S/C9H9N3O2/c1-13-6-2-3-11-7(4-6)8-5-12-9(10)14-8/h2-5H,1H3,(H2,10,12). The number of rotatable bonds is 2. The van der Waals surface area contributed by atoms with Crippen molar-refractivity contribution in [2.75, 3.05) is 12.8 Å². The highest BCUT2D eigenvalue weighted by Gasteiger charge is 2.05. The highest BCUT2D eigenvalue weighted by Crippen LogP contribution is 2.22. The zero-order chi connectivity index (χ0) is 9.97. The molecule has 5 nitrogen and oxygen atoms in total. The molecule has 0 aromatic carbocycles. The van der Waals surface area contributed by atoms with Crippen molar-refractivity contribution in [3.05, 3.63) is 24.5 Å². The average molecular weight is 191 g/mol. The van der Waals surface area contributed by atoms with Crippen LogP contribution >= 0.6 is 0 Å². The van der Waals surface area contributed by atoms with Crippen LogP contribution < -0.4 is 10.5 Å². The zero-order valence-corrected chi connectivity index (χ0v) is 7.60. The lowest BCUT2D eigenvalue weighted by atomic mass is 10.3. The van der Waals surface area contributed by atoms with Crippen molar-refractivity contribution in [3.8, 4) is 17.2 Å². The van der Waals surface area contributed by atoms with E-state index in [4.69, 9.17) is 14.9 Å². The maximum absolute atomic E-state index is 5.35. The first-order valence-electron chi connectivity index (χ1n) is 4.01. The van der Waals surface area contributed by atoms with Gasteiger partial charge in [0.05, 0.1) is 13.3 Å². The SMILES string of the molecule is COc1ccnc(-c2cnc(N)o2)c1. The molecular formula is C9H9N3O2. The molecule has 0 bridgehead atoms. The molecule has 0 unspecified atom stereocenters. The quantitative estimate of drug-likeness (QED) is 0.775. The Morgan fingerprint density at radius 1 is 1.43 bits per heavy atom. The molecule has 72 valence electrons. The highest BCUT2D eigenvalue weighted by molar-refractivity contribution is 5.53. The van der Waals surface area contributed by atoms with Crippen LogP contribution in [0.25, 0.3) is 11.5 Å². The summed E-state index contributed by atoms with van der Waals surface area (Å²) in [5, 5.41) is 0. The van der Waals surface area contributed by atoms with Gasteiger partial charge >= 0.3 is 0 Å². The molecule has 0 saturated carbocycles. The predicted molar refractivity (Wildman–Crippen MR) is 50.7 cm³/mol. The van der Waals surface area contributed by atoms with Gasteiger partial charge in [-0.1, -0.05) is 0 Å². The molecular weight excluding hydrogens is 182 g/mol. The van der Waals surface area contributed by atoms with Crippen LogP contribution in [0.3, 0.4) is 0 Å². The molecule has 2 aromatic heterocycles. The summed E-state index contributed by atoms with van der Waals surface area (Å²) >= 11 is 0. The van der Waals surface area contributed by atoms with Gasteiger partial charge in [-0.05, 0) is 6.07 Å². The number of ether oxygens (including phenoxy) is 1. The molecule has 14 heavy (non-hydrogen) atoms. The molecule has 5 heteroatoms. The number of nitrogen functional groups attached to an aromatic ring is 1. The van der Waals surface area contributed by atoms with Crippen molar-refractivity contribution in [1.82, 2.24) is 9.97 Å². The number of pyridine rings is 1.